The molecule has 1 aliphatic rings. The van der Waals surface area contributed by atoms with Gasteiger partial charge in [0, 0.05) is 18.7 Å². The molecule has 0 saturated heterocycles. The monoisotopic (exact) mass is 314 g/mol. The molecule has 1 aliphatic carbocycles. The fourth-order valence-electron chi connectivity index (χ4n) is 2.45. The number of nitro groups is 1. The molecule has 0 heterocycles. The van der Waals surface area contributed by atoms with Crippen molar-refractivity contribution in [1.29, 1.82) is 0 Å². The van der Waals surface area contributed by atoms with Gasteiger partial charge in [0.1, 0.15) is 0 Å². The molecule has 1 fully saturated rings. The normalized spacial score (nSPS) is 18.3. The number of rotatable bonds is 5. The minimum atomic E-state index is -3.77. The van der Waals surface area contributed by atoms with E-state index in [2.05, 4.69) is 4.72 Å². The number of hydrogen-bond acceptors (Lipinski definition) is 5. The standard InChI is InChI=1S/C13H18N2O5S/c16-13(8-2-1-3-9-13)10-14-21(19,20)12-6-4-11(5-7-12)15(17)18/h4-7,14,16H,1-3,8-10H2. The number of non-ortho nitro benzene ring substituents is 1. The summed E-state index contributed by atoms with van der Waals surface area (Å²) in [5.41, 5.74) is -1.16. The van der Waals surface area contributed by atoms with Crippen LogP contribution < -0.4 is 4.72 Å². The number of benzene rings is 1. The van der Waals surface area contributed by atoms with Gasteiger partial charge in [0.15, 0.2) is 0 Å². The van der Waals surface area contributed by atoms with Crippen LogP contribution in [0.2, 0.25) is 0 Å². The second-order valence-corrected chi connectivity index (χ2v) is 7.13. The molecule has 2 rings (SSSR count). The van der Waals surface area contributed by atoms with Gasteiger partial charge in [-0.15, -0.1) is 0 Å². The molecule has 2 N–H and O–H groups in total. The zero-order valence-corrected chi connectivity index (χ0v) is 12.3. The van der Waals surface area contributed by atoms with E-state index in [0.29, 0.717) is 12.8 Å². The number of nitro benzene ring substituents is 1. The zero-order valence-electron chi connectivity index (χ0n) is 11.5. The highest BCUT2D eigenvalue weighted by Gasteiger charge is 2.30. The molecule has 0 aliphatic heterocycles. The van der Waals surface area contributed by atoms with Gasteiger partial charge in [0.25, 0.3) is 5.69 Å². The van der Waals surface area contributed by atoms with Crippen molar-refractivity contribution in [3.8, 4) is 0 Å². The van der Waals surface area contributed by atoms with Crippen LogP contribution in [0, 0.1) is 10.1 Å². The lowest BCUT2D eigenvalue weighted by Gasteiger charge is -2.32. The van der Waals surface area contributed by atoms with Crippen LogP contribution in [0.3, 0.4) is 0 Å². The molecule has 8 heteroatoms. The molecule has 0 bridgehead atoms. The Morgan fingerprint density at radius 3 is 2.29 bits per heavy atom. The first kappa shape index (κ1) is 15.9. The molecule has 21 heavy (non-hydrogen) atoms. The number of aliphatic hydroxyl groups is 1. The number of nitrogens with zero attached hydrogens (tertiary/aromatic N) is 1. The predicted molar refractivity (Wildman–Crippen MR) is 76.3 cm³/mol. The van der Waals surface area contributed by atoms with Crippen molar-refractivity contribution in [2.75, 3.05) is 6.54 Å². The van der Waals surface area contributed by atoms with Crippen molar-refractivity contribution in [2.45, 2.75) is 42.6 Å². The fraction of sp³-hybridized carbons (Fsp3) is 0.538. The highest BCUT2D eigenvalue weighted by molar-refractivity contribution is 7.89. The molecule has 116 valence electrons. The maximum atomic E-state index is 12.1. The van der Waals surface area contributed by atoms with Crippen LogP contribution in [0.4, 0.5) is 5.69 Å². The van der Waals surface area contributed by atoms with Crippen LogP contribution in [0.15, 0.2) is 29.2 Å². The van der Waals surface area contributed by atoms with Crippen LogP contribution in [0.25, 0.3) is 0 Å². The van der Waals surface area contributed by atoms with Crippen molar-refractivity contribution in [3.63, 3.8) is 0 Å². The van der Waals surface area contributed by atoms with Crippen molar-refractivity contribution < 1.29 is 18.4 Å². The van der Waals surface area contributed by atoms with E-state index in [-0.39, 0.29) is 17.1 Å². The third-order valence-corrected chi connectivity index (χ3v) is 5.15. The van der Waals surface area contributed by atoms with E-state index < -0.39 is 20.5 Å². The summed E-state index contributed by atoms with van der Waals surface area (Å²) in [7, 11) is -3.77. The van der Waals surface area contributed by atoms with Gasteiger partial charge in [-0.2, -0.15) is 0 Å². The Balaban J connectivity index is 2.05. The second-order valence-electron chi connectivity index (χ2n) is 5.36. The van der Waals surface area contributed by atoms with Gasteiger partial charge in [-0.25, -0.2) is 13.1 Å². The van der Waals surface area contributed by atoms with E-state index in [1.165, 1.54) is 12.1 Å². The van der Waals surface area contributed by atoms with E-state index in [0.717, 1.165) is 31.4 Å². The first-order valence-corrected chi connectivity index (χ1v) is 8.27. The van der Waals surface area contributed by atoms with Gasteiger partial charge in [0.05, 0.1) is 15.4 Å². The molecule has 1 aromatic rings. The average molecular weight is 314 g/mol. The first-order chi connectivity index (χ1) is 9.82. The number of sulfonamides is 1. The lowest BCUT2D eigenvalue weighted by molar-refractivity contribution is -0.384. The Morgan fingerprint density at radius 2 is 1.76 bits per heavy atom. The molecular weight excluding hydrogens is 296 g/mol. The Morgan fingerprint density at radius 1 is 1.19 bits per heavy atom. The highest BCUT2D eigenvalue weighted by Crippen LogP contribution is 2.27. The third-order valence-electron chi connectivity index (χ3n) is 3.73. The second kappa shape index (κ2) is 6.08. The van der Waals surface area contributed by atoms with Crippen molar-refractivity contribution in [1.82, 2.24) is 4.72 Å². The van der Waals surface area contributed by atoms with Gasteiger partial charge in [-0.05, 0) is 25.0 Å². The molecule has 0 spiro atoms. The summed E-state index contributed by atoms with van der Waals surface area (Å²) in [6, 6.07) is 4.66. The minimum Gasteiger partial charge on any atom is -0.389 e. The van der Waals surface area contributed by atoms with Crippen molar-refractivity contribution >= 4 is 15.7 Å². The lowest BCUT2D eigenvalue weighted by Crippen LogP contribution is -2.44. The summed E-state index contributed by atoms with van der Waals surface area (Å²) >= 11 is 0. The summed E-state index contributed by atoms with van der Waals surface area (Å²) in [4.78, 5) is 9.91. The average Bonchev–Trinajstić information content (AvgIpc) is 2.46. The Bertz CT molecular complexity index is 606. The smallest absolute Gasteiger partial charge is 0.269 e. The molecule has 0 radical (unpaired) electrons. The van der Waals surface area contributed by atoms with Crippen molar-refractivity contribution in [2.24, 2.45) is 0 Å². The zero-order chi connectivity index (χ0) is 15.5. The quantitative estimate of drug-likeness (QED) is 0.633. The van der Waals surface area contributed by atoms with Gasteiger partial charge in [-0.3, -0.25) is 10.1 Å². The van der Waals surface area contributed by atoms with Gasteiger partial charge in [-0.1, -0.05) is 19.3 Å². The molecular formula is C13H18N2O5S. The van der Waals surface area contributed by atoms with E-state index in [4.69, 9.17) is 0 Å². The van der Waals surface area contributed by atoms with Gasteiger partial charge >= 0.3 is 0 Å². The summed E-state index contributed by atoms with van der Waals surface area (Å²) in [6.07, 6.45) is 3.98. The molecule has 1 saturated carbocycles. The molecule has 0 unspecified atom stereocenters. The minimum absolute atomic E-state index is 0.0354. The molecule has 7 nitrogen and oxygen atoms in total. The Kier molecular flexibility index (Phi) is 4.60. The van der Waals surface area contributed by atoms with Crippen LogP contribution in [0.5, 0.6) is 0 Å². The van der Waals surface area contributed by atoms with E-state index in [1.54, 1.807) is 0 Å². The topological polar surface area (TPSA) is 110 Å². The fourth-order valence-corrected chi connectivity index (χ4v) is 3.57. The van der Waals surface area contributed by atoms with Crippen molar-refractivity contribution in [3.05, 3.63) is 34.4 Å². The number of hydrogen-bond donors (Lipinski definition) is 2. The van der Waals surface area contributed by atoms with Gasteiger partial charge < -0.3 is 5.11 Å². The van der Waals surface area contributed by atoms with E-state index >= 15 is 0 Å². The lowest BCUT2D eigenvalue weighted by atomic mass is 9.85. The summed E-state index contributed by atoms with van der Waals surface area (Å²) < 4.78 is 26.6. The Hall–Kier alpha value is -1.51. The largest absolute Gasteiger partial charge is 0.389 e. The van der Waals surface area contributed by atoms with Crippen LogP contribution in [-0.4, -0.2) is 30.6 Å². The Labute approximate surface area is 123 Å². The molecule has 0 amide bonds. The summed E-state index contributed by atoms with van der Waals surface area (Å²) in [6.45, 7) is -0.0354. The molecule has 0 aromatic heterocycles. The predicted octanol–water partition coefficient (Wildman–Crippen LogP) is 1.57. The maximum Gasteiger partial charge on any atom is 0.269 e. The number of nitrogens with one attached hydrogen (secondary N) is 1. The molecule has 1 aromatic carbocycles. The third kappa shape index (κ3) is 3.99. The van der Waals surface area contributed by atoms with Crippen LogP contribution >= 0.6 is 0 Å². The summed E-state index contributed by atoms with van der Waals surface area (Å²) in [5, 5.41) is 20.8. The van der Waals surface area contributed by atoms with E-state index in [9.17, 15) is 23.6 Å². The van der Waals surface area contributed by atoms with E-state index in [1.807, 2.05) is 0 Å². The molecule has 0 atom stereocenters. The highest BCUT2D eigenvalue weighted by atomic mass is 32.2. The van der Waals surface area contributed by atoms with Crippen LogP contribution in [0.1, 0.15) is 32.1 Å². The van der Waals surface area contributed by atoms with Crippen LogP contribution in [-0.2, 0) is 10.0 Å². The summed E-state index contributed by atoms with van der Waals surface area (Å²) in [5.74, 6) is 0. The maximum absolute atomic E-state index is 12.1. The first-order valence-electron chi connectivity index (χ1n) is 6.79. The SMILES string of the molecule is O=[N+]([O-])c1ccc(S(=O)(=O)NCC2(O)CCCCC2)cc1. The van der Waals surface area contributed by atoms with Gasteiger partial charge in [0.2, 0.25) is 10.0 Å².